The summed E-state index contributed by atoms with van der Waals surface area (Å²) >= 11 is 0. The number of halogens is 3. The topological polar surface area (TPSA) is 143 Å². The van der Waals surface area contributed by atoms with Gasteiger partial charge in [-0.25, -0.2) is 9.86 Å². The number of aryl methyl sites for hydroxylation is 1. The lowest BCUT2D eigenvalue weighted by molar-refractivity contribution is -0.192. The molecule has 2 amide bonds. The number of benzene rings is 2. The summed E-state index contributed by atoms with van der Waals surface area (Å²) in [7, 11) is 4.52. The van der Waals surface area contributed by atoms with Gasteiger partial charge in [-0.1, -0.05) is 6.07 Å². The van der Waals surface area contributed by atoms with Crippen LogP contribution in [0.1, 0.15) is 21.6 Å². The van der Waals surface area contributed by atoms with Crippen molar-refractivity contribution in [3.63, 3.8) is 0 Å². The lowest BCUT2D eigenvalue weighted by Crippen LogP contribution is -2.33. The lowest BCUT2D eigenvalue weighted by Gasteiger charge is -2.25. The number of aromatic nitrogens is 2. The van der Waals surface area contributed by atoms with E-state index in [4.69, 9.17) is 24.2 Å². The molecule has 2 heterocycles. The highest BCUT2D eigenvalue weighted by Gasteiger charge is 2.38. The number of alkyl halides is 3. The largest absolute Gasteiger partial charge is 0.497 e. The third-order valence-electron chi connectivity index (χ3n) is 6.00. The Morgan fingerprint density at radius 2 is 1.88 bits per heavy atom. The fourth-order valence-electron chi connectivity index (χ4n) is 3.79. The van der Waals surface area contributed by atoms with E-state index in [2.05, 4.69) is 15.5 Å². The molecule has 0 spiro atoms. The van der Waals surface area contributed by atoms with E-state index in [1.165, 1.54) is 14.2 Å². The average molecular weight is 565 g/mol. The average Bonchev–Trinajstić information content (AvgIpc) is 3.37. The van der Waals surface area contributed by atoms with Gasteiger partial charge in [0.05, 0.1) is 37.6 Å². The number of carbonyl (C=O) groups excluding carboxylic acids is 2. The zero-order valence-corrected chi connectivity index (χ0v) is 22.0. The van der Waals surface area contributed by atoms with Gasteiger partial charge in [0.2, 0.25) is 5.91 Å². The van der Waals surface area contributed by atoms with Crippen molar-refractivity contribution in [2.45, 2.75) is 19.5 Å². The number of methoxy groups -OCH3 is 1. The minimum Gasteiger partial charge on any atom is -0.497 e. The number of ether oxygens (including phenoxy) is 2. The third kappa shape index (κ3) is 7.08. The van der Waals surface area contributed by atoms with Crippen LogP contribution in [-0.2, 0) is 20.8 Å². The van der Waals surface area contributed by atoms with E-state index < -0.39 is 18.1 Å². The highest BCUT2D eigenvalue weighted by molar-refractivity contribution is 6.05. The van der Waals surface area contributed by atoms with Crippen molar-refractivity contribution in [3.05, 3.63) is 59.4 Å². The van der Waals surface area contributed by atoms with E-state index in [1.807, 2.05) is 31.2 Å². The van der Waals surface area contributed by atoms with Gasteiger partial charge < -0.3 is 19.9 Å². The van der Waals surface area contributed by atoms with Crippen LogP contribution >= 0.6 is 0 Å². The number of aliphatic carboxylic acids is 1. The monoisotopic (exact) mass is 564 g/mol. The van der Waals surface area contributed by atoms with Crippen molar-refractivity contribution in [2.75, 3.05) is 33.2 Å². The Morgan fingerprint density at radius 1 is 1.18 bits per heavy atom. The van der Waals surface area contributed by atoms with E-state index in [0.717, 1.165) is 33.2 Å². The zero-order valence-electron chi connectivity index (χ0n) is 22.0. The van der Waals surface area contributed by atoms with Gasteiger partial charge in [0.15, 0.2) is 0 Å². The van der Waals surface area contributed by atoms with E-state index in [9.17, 15) is 22.8 Å². The van der Waals surface area contributed by atoms with Gasteiger partial charge in [-0.05, 0) is 54.8 Å². The summed E-state index contributed by atoms with van der Waals surface area (Å²) in [5.74, 6) is -2.33. The predicted molar refractivity (Wildman–Crippen MR) is 136 cm³/mol. The van der Waals surface area contributed by atoms with Gasteiger partial charge in [0.25, 0.3) is 5.91 Å². The molecule has 4 rings (SSSR count). The number of rotatable bonds is 6. The first-order chi connectivity index (χ1) is 18.8. The number of nitrogens with one attached hydrogen (secondary N) is 2. The number of H-pyrrole nitrogens is 1. The molecule has 0 saturated carbocycles. The molecule has 214 valence electrons. The molecule has 0 fully saturated rings. The molecule has 1 atom stereocenters. The normalized spacial score (nSPS) is 14.1. The first-order valence-electron chi connectivity index (χ1n) is 11.7. The van der Waals surface area contributed by atoms with Crippen LogP contribution in [0, 0.1) is 12.8 Å². The molecule has 3 N–H and O–H groups in total. The van der Waals surface area contributed by atoms with Gasteiger partial charge >= 0.3 is 12.1 Å². The van der Waals surface area contributed by atoms with Crippen LogP contribution in [0.2, 0.25) is 0 Å². The number of carbonyl (C=O) groups is 3. The van der Waals surface area contributed by atoms with Crippen molar-refractivity contribution in [1.29, 1.82) is 0 Å². The molecule has 1 unspecified atom stereocenters. The predicted octanol–water partition coefficient (Wildman–Crippen LogP) is 3.85. The molecule has 1 aliphatic heterocycles. The zero-order chi connectivity index (χ0) is 29.6. The summed E-state index contributed by atoms with van der Waals surface area (Å²) in [5, 5.41) is 18.1. The van der Waals surface area contributed by atoms with E-state index in [0.29, 0.717) is 23.4 Å². The molecule has 1 aliphatic rings. The summed E-state index contributed by atoms with van der Waals surface area (Å²) in [5.41, 5.74) is 4.16. The maximum Gasteiger partial charge on any atom is 0.490 e. The van der Waals surface area contributed by atoms with Crippen molar-refractivity contribution in [1.82, 2.24) is 15.3 Å². The quantitative estimate of drug-likeness (QED) is 0.383. The molecule has 14 heteroatoms. The fraction of sp³-hybridized carbons (Fsp3) is 0.308. The number of hydrogen-bond acceptors (Lipinski definition) is 7. The summed E-state index contributed by atoms with van der Waals surface area (Å²) in [6.07, 6.45) is -2.88. The van der Waals surface area contributed by atoms with Gasteiger partial charge in [-0.15, -0.1) is 0 Å². The maximum atomic E-state index is 13.1. The van der Waals surface area contributed by atoms with Crippen LogP contribution in [0.5, 0.6) is 11.5 Å². The van der Waals surface area contributed by atoms with E-state index in [-0.39, 0.29) is 18.4 Å². The van der Waals surface area contributed by atoms with Gasteiger partial charge in [0, 0.05) is 18.3 Å². The molecule has 1 aromatic heterocycles. The van der Waals surface area contributed by atoms with Crippen LogP contribution in [0.25, 0.3) is 11.1 Å². The van der Waals surface area contributed by atoms with Crippen molar-refractivity contribution >= 4 is 23.5 Å². The van der Waals surface area contributed by atoms with Gasteiger partial charge in [-0.2, -0.15) is 18.3 Å². The Labute approximate surface area is 226 Å². The number of carboxylic acid groups (broad SMARTS) is 1. The second-order valence-corrected chi connectivity index (χ2v) is 8.63. The molecular weight excluding hydrogens is 537 g/mol. The van der Waals surface area contributed by atoms with Crippen LogP contribution in [0.3, 0.4) is 0 Å². The maximum absolute atomic E-state index is 13.1. The standard InChI is InChI=1S/C24H26N4O5.C2HF3O2/c1-14-20(12-25-27-14)15-5-7-21(19(11-15)24(30)28(2)32-4)26-23(29)17-9-16-10-18(31-3)6-8-22(16)33-13-17;3-2(4,5)1(6)7/h5-8,10-12,17H,9,13H2,1-4H3,(H,25,27)(H,26,29);(H,6,7). The number of nitrogens with zero attached hydrogens (tertiary/aromatic N) is 2. The minimum absolute atomic E-state index is 0.232. The number of aromatic amines is 1. The molecule has 2 aromatic carbocycles. The molecule has 40 heavy (non-hydrogen) atoms. The molecule has 0 bridgehead atoms. The van der Waals surface area contributed by atoms with Crippen LogP contribution in [0.4, 0.5) is 18.9 Å². The Kier molecular flexibility index (Phi) is 9.37. The SMILES string of the molecule is COc1ccc2c(c1)CC(C(=O)Nc1ccc(-c3cn[nH]c3C)cc1C(=O)N(C)OC)CO2.O=C(O)C(F)(F)F. The molecule has 11 nitrogen and oxygen atoms in total. The summed E-state index contributed by atoms with van der Waals surface area (Å²) in [6, 6.07) is 10.8. The summed E-state index contributed by atoms with van der Waals surface area (Å²) < 4.78 is 42.8. The van der Waals surface area contributed by atoms with Crippen molar-refractivity contribution in [2.24, 2.45) is 5.92 Å². The number of carboxylic acids is 1. The first-order valence-corrected chi connectivity index (χ1v) is 11.7. The number of fused-ring (bicyclic) bond motifs is 1. The first kappa shape index (κ1) is 30.0. The number of hydrogen-bond donors (Lipinski definition) is 3. The number of hydroxylamine groups is 2. The lowest BCUT2D eigenvalue weighted by atomic mass is 9.95. The third-order valence-corrected chi connectivity index (χ3v) is 6.00. The van der Waals surface area contributed by atoms with E-state index >= 15 is 0 Å². The molecular formula is C26H27F3N4O7. The Balaban J connectivity index is 0.000000559. The van der Waals surface area contributed by atoms with Gasteiger partial charge in [0.1, 0.15) is 18.1 Å². The van der Waals surface area contributed by atoms with Crippen molar-refractivity contribution in [3.8, 4) is 22.6 Å². The highest BCUT2D eigenvalue weighted by atomic mass is 19.4. The van der Waals surface area contributed by atoms with Crippen molar-refractivity contribution < 1.29 is 47.0 Å². The Hall–Kier alpha value is -4.59. The van der Waals surface area contributed by atoms with Gasteiger partial charge in [-0.3, -0.25) is 19.5 Å². The summed E-state index contributed by atoms with van der Waals surface area (Å²) in [6.45, 7) is 2.15. The van der Waals surface area contributed by atoms with Crippen LogP contribution < -0.4 is 14.8 Å². The highest BCUT2D eigenvalue weighted by Crippen LogP contribution is 2.32. The van der Waals surface area contributed by atoms with Crippen LogP contribution in [-0.4, -0.2) is 72.2 Å². The molecule has 0 aliphatic carbocycles. The molecule has 0 saturated heterocycles. The molecule has 0 radical (unpaired) electrons. The second-order valence-electron chi connectivity index (χ2n) is 8.63. The summed E-state index contributed by atoms with van der Waals surface area (Å²) in [4.78, 5) is 40.1. The second kappa shape index (κ2) is 12.5. The number of anilines is 1. The number of amides is 2. The van der Waals surface area contributed by atoms with Crippen LogP contribution in [0.15, 0.2) is 42.6 Å². The molecule has 3 aromatic rings. The smallest absolute Gasteiger partial charge is 0.490 e. The Bertz CT molecular complexity index is 1390. The Morgan fingerprint density at radius 3 is 2.45 bits per heavy atom. The fourth-order valence-corrected chi connectivity index (χ4v) is 3.79. The van der Waals surface area contributed by atoms with E-state index in [1.54, 1.807) is 25.4 Å². The minimum atomic E-state index is -5.08.